The van der Waals surface area contributed by atoms with Gasteiger partial charge in [-0.2, -0.15) is 0 Å². The minimum Gasteiger partial charge on any atom is -0.381 e. The SMILES string of the molecule is CC1=C(C)[C@@](C)([N+](=O)[O-])[C@@](C)(O)[C@H](C([N+](=O)[O-])([N+](=O)[O-])[N+](=O)[O-])[C@H]1[N+](=O)[O-]. The first-order valence-electron chi connectivity index (χ1n) is 7.15. The molecule has 150 valence electrons. The average molecular weight is 393 g/mol. The van der Waals surface area contributed by atoms with Crippen LogP contribution in [-0.2, 0) is 0 Å². The van der Waals surface area contributed by atoms with Gasteiger partial charge in [-0.15, -0.1) is 0 Å². The Balaban J connectivity index is 4.22. The van der Waals surface area contributed by atoms with E-state index in [2.05, 4.69) is 0 Å². The Morgan fingerprint density at radius 2 is 1.26 bits per heavy atom. The van der Waals surface area contributed by atoms with Crippen LogP contribution in [0.3, 0.4) is 0 Å². The van der Waals surface area contributed by atoms with Crippen molar-refractivity contribution in [2.75, 3.05) is 0 Å². The van der Waals surface area contributed by atoms with Gasteiger partial charge in [0.2, 0.25) is 0 Å². The number of hydrogen-bond donors (Lipinski definition) is 1. The Kier molecular flexibility index (Phi) is 4.95. The predicted octanol–water partition coefficient (Wildman–Crippen LogP) is -0.132. The molecule has 0 unspecified atom stereocenters. The van der Waals surface area contributed by atoms with Crippen LogP contribution in [0.1, 0.15) is 27.7 Å². The van der Waals surface area contributed by atoms with Gasteiger partial charge < -0.3 is 5.11 Å². The molecule has 1 aliphatic carbocycles. The average Bonchev–Trinajstić information content (AvgIpc) is 2.49. The van der Waals surface area contributed by atoms with Crippen molar-refractivity contribution >= 4 is 0 Å². The number of hydrogen-bond acceptors (Lipinski definition) is 11. The molecule has 0 aromatic carbocycles. The molecular weight excluding hydrogens is 378 g/mol. The summed E-state index contributed by atoms with van der Waals surface area (Å²) in [6, 6.07) is -2.49. The van der Waals surface area contributed by atoms with E-state index in [4.69, 9.17) is 0 Å². The summed E-state index contributed by atoms with van der Waals surface area (Å²) in [6.45, 7) is 3.22. The molecule has 0 saturated heterocycles. The van der Waals surface area contributed by atoms with Crippen LogP contribution >= 0.6 is 0 Å². The van der Waals surface area contributed by atoms with Crippen LogP contribution in [0.15, 0.2) is 11.1 Å². The Morgan fingerprint density at radius 3 is 1.52 bits per heavy atom. The van der Waals surface area contributed by atoms with Crippen molar-refractivity contribution in [1.29, 1.82) is 0 Å². The number of rotatable bonds is 6. The standard InChI is InChI=1S/C11H15N5O11/c1-5-6(2)9(3,13(20)21)10(4,17)8(7(5)12(18)19)11(14(22)23,15(24)25)16(26)27/h7-8,17H,1-4H3/t7-,8+,9+,10-/m0/s1. The van der Waals surface area contributed by atoms with Crippen LogP contribution < -0.4 is 0 Å². The predicted molar refractivity (Wildman–Crippen MR) is 82.4 cm³/mol. The number of nitro groups is 5. The topological polar surface area (TPSA) is 236 Å². The van der Waals surface area contributed by atoms with E-state index >= 15 is 0 Å². The van der Waals surface area contributed by atoms with Crippen LogP contribution in [0.25, 0.3) is 0 Å². The zero-order valence-electron chi connectivity index (χ0n) is 14.4. The van der Waals surface area contributed by atoms with Gasteiger partial charge in [0, 0.05) is 27.9 Å². The molecule has 16 nitrogen and oxygen atoms in total. The van der Waals surface area contributed by atoms with E-state index in [9.17, 15) is 55.7 Å². The zero-order valence-corrected chi connectivity index (χ0v) is 14.4. The van der Waals surface area contributed by atoms with Gasteiger partial charge in [-0.05, 0) is 20.8 Å². The minimum absolute atomic E-state index is 0.389. The summed E-state index contributed by atoms with van der Waals surface area (Å²) in [5, 5.41) is 68.3. The van der Waals surface area contributed by atoms with Crippen molar-refractivity contribution in [2.45, 2.75) is 50.7 Å². The van der Waals surface area contributed by atoms with Gasteiger partial charge in [0.25, 0.3) is 17.5 Å². The molecule has 0 bridgehead atoms. The third-order valence-corrected chi connectivity index (χ3v) is 5.49. The summed E-state index contributed by atoms with van der Waals surface area (Å²) >= 11 is 0. The maximum absolute atomic E-state index is 11.6. The van der Waals surface area contributed by atoms with Gasteiger partial charge in [-0.3, -0.25) is 50.6 Å². The van der Waals surface area contributed by atoms with Crippen molar-refractivity contribution in [3.05, 3.63) is 61.7 Å². The highest BCUT2D eigenvalue weighted by Gasteiger charge is 2.89. The molecule has 0 aromatic heterocycles. The fraction of sp³-hybridized carbons (Fsp3) is 0.818. The maximum Gasteiger partial charge on any atom is 0.713 e. The Morgan fingerprint density at radius 1 is 0.889 bits per heavy atom. The first-order valence-corrected chi connectivity index (χ1v) is 7.15. The molecule has 0 saturated carbocycles. The zero-order chi connectivity index (χ0) is 21.7. The number of nitrogens with zero attached hydrogens (tertiary/aromatic N) is 5. The Bertz CT molecular complexity index is 754. The summed E-state index contributed by atoms with van der Waals surface area (Å²) in [5.74, 6) is -7.50. The van der Waals surface area contributed by atoms with Crippen molar-refractivity contribution < 1.29 is 29.7 Å². The molecule has 0 aromatic rings. The molecular formula is C11H15N5O11. The van der Waals surface area contributed by atoms with Gasteiger partial charge in [0.05, 0.1) is 0 Å². The number of aliphatic hydroxyl groups is 1. The van der Waals surface area contributed by atoms with E-state index in [1.54, 1.807) is 0 Å². The summed E-state index contributed by atoms with van der Waals surface area (Å²) in [7, 11) is 0. The smallest absolute Gasteiger partial charge is 0.381 e. The van der Waals surface area contributed by atoms with Crippen molar-refractivity contribution in [2.24, 2.45) is 5.92 Å². The third kappa shape index (κ3) is 2.40. The van der Waals surface area contributed by atoms with Crippen molar-refractivity contribution in [1.82, 2.24) is 0 Å². The molecule has 0 fully saturated rings. The monoisotopic (exact) mass is 393 g/mol. The molecule has 1 aliphatic rings. The highest BCUT2D eigenvalue weighted by atomic mass is 16.7. The molecule has 27 heavy (non-hydrogen) atoms. The van der Waals surface area contributed by atoms with Crippen LogP contribution in [0.4, 0.5) is 0 Å². The highest BCUT2D eigenvalue weighted by molar-refractivity contribution is 5.34. The van der Waals surface area contributed by atoms with Crippen LogP contribution in [0, 0.1) is 56.5 Å². The van der Waals surface area contributed by atoms with Gasteiger partial charge in [-0.25, -0.2) is 0 Å². The van der Waals surface area contributed by atoms with E-state index in [0.29, 0.717) is 6.92 Å². The second kappa shape index (κ2) is 6.15. The second-order valence-corrected chi connectivity index (χ2v) is 6.45. The Hall–Kier alpha value is -3.30. The third-order valence-electron chi connectivity index (χ3n) is 5.49. The maximum atomic E-state index is 11.6. The van der Waals surface area contributed by atoms with Crippen molar-refractivity contribution in [3.63, 3.8) is 0 Å². The molecule has 0 spiro atoms. The molecule has 4 atom stereocenters. The van der Waals surface area contributed by atoms with Crippen LogP contribution in [0.5, 0.6) is 0 Å². The lowest BCUT2D eigenvalue weighted by molar-refractivity contribution is -0.984. The lowest BCUT2D eigenvalue weighted by Gasteiger charge is -2.44. The minimum atomic E-state index is -4.50. The second-order valence-electron chi connectivity index (χ2n) is 6.45. The van der Waals surface area contributed by atoms with Crippen molar-refractivity contribution in [3.8, 4) is 0 Å². The van der Waals surface area contributed by atoms with Gasteiger partial charge in [0.15, 0.2) is 20.4 Å². The van der Waals surface area contributed by atoms with E-state index in [-0.39, 0.29) is 5.57 Å². The van der Waals surface area contributed by atoms with E-state index in [1.807, 2.05) is 0 Å². The van der Waals surface area contributed by atoms with Crippen LogP contribution in [0.2, 0.25) is 0 Å². The molecule has 0 amide bonds. The molecule has 0 radical (unpaired) electrons. The molecule has 1 N–H and O–H groups in total. The summed E-state index contributed by atoms with van der Waals surface area (Å²) in [5.41, 5.74) is -6.84. The lowest BCUT2D eigenvalue weighted by Crippen LogP contribution is -2.76. The molecule has 0 aliphatic heterocycles. The fourth-order valence-corrected chi connectivity index (χ4v) is 3.58. The summed E-state index contributed by atoms with van der Waals surface area (Å²) in [6.07, 6.45) is 0. The molecule has 16 heteroatoms. The highest BCUT2D eigenvalue weighted by Crippen LogP contribution is 2.51. The normalized spacial score (nSPS) is 31.3. The first-order chi connectivity index (χ1) is 12.0. The quantitative estimate of drug-likeness (QED) is 0.270. The van der Waals surface area contributed by atoms with E-state index in [0.717, 1.165) is 20.8 Å². The summed E-state index contributed by atoms with van der Waals surface area (Å²) in [4.78, 5) is 49.1. The van der Waals surface area contributed by atoms with Gasteiger partial charge >= 0.3 is 5.79 Å². The summed E-state index contributed by atoms with van der Waals surface area (Å²) < 4.78 is 0. The molecule has 1 rings (SSSR count). The Labute approximate surface area is 149 Å². The van der Waals surface area contributed by atoms with Gasteiger partial charge in [0.1, 0.15) is 0 Å². The lowest BCUT2D eigenvalue weighted by atomic mass is 9.59. The fourth-order valence-electron chi connectivity index (χ4n) is 3.58. The van der Waals surface area contributed by atoms with Crippen LogP contribution in [-0.4, -0.2) is 52.7 Å². The largest absolute Gasteiger partial charge is 0.713 e. The van der Waals surface area contributed by atoms with E-state index in [1.165, 1.54) is 0 Å². The van der Waals surface area contributed by atoms with Gasteiger partial charge in [-0.1, -0.05) is 0 Å². The molecule has 0 heterocycles. The first kappa shape index (κ1) is 21.7. The van der Waals surface area contributed by atoms with E-state index < -0.39 is 59.1 Å².